The molecule has 3 rings (SSSR count). The number of nitrogens with one attached hydrogen (secondary N) is 1. The second-order valence-corrected chi connectivity index (χ2v) is 6.57. The molecule has 1 atom stereocenters. The first-order valence-electron chi connectivity index (χ1n) is 7.67. The SMILES string of the molecule is CC1CCC2(CC1)OCCNC2C1CCCC1. The van der Waals surface area contributed by atoms with Crippen LogP contribution in [0, 0.1) is 11.8 Å². The molecular formula is C15H27NO. The first kappa shape index (κ1) is 12.0. The zero-order valence-corrected chi connectivity index (χ0v) is 11.2. The monoisotopic (exact) mass is 237 g/mol. The fraction of sp³-hybridized carbons (Fsp3) is 1.00. The van der Waals surface area contributed by atoms with Gasteiger partial charge in [-0.15, -0.1) is 0 Å². The molecule has 0 aromatic carbocycles. The van der Waals surface area contributed by atoms with E-state index in [-0.39, 0.29) is 5.60 Å². The van der Waals surface area contributed by atoms with Crippen molar-refractivity contribution in [3.8, 4) is 0 Å². The van der Waals surface area contributed by atoms with Crippen LogP contribution in [0.1, 0.15) is 58.3 Å². The predicted molar refractivity (Wildman–Crippen MR) is 70.1 cm³/mol. The molecule has 1 spiro atoms. The van der Waals surface area contributed by atoms with Crippen LogP contribution in [0.15, 0.2) is 0 Å². The van der Waals surface area contributed by atoms with E-state index < -0.39 is 0 Å². The molecule has 2 saturated carbocycles. The summed E-state index contributed by atoms with van der Waals surface area (Å²) in [6.07, 6.45) is 11.1. The summed E-state index contributed by atoms with van der Waals surface area (Å²) >= 11 is 0. The lowest BCUT2D eigenvalue weighted by molar-refractivity contribution is -0.134. The van der Waals surface area contributed by atoms with Crippen molar-refractivity contribution in [1.29, 1.82) is 0 Å². The molecule has 98 valence electrons. The second-order valence-electron chi connectivity index (χ2n) is 6.57. The normalized spacial score (nSPS) is 44.3. The average molecular weight is 237 g/mol. The fourth-order valence-corrected chi connectivity index (χ4v) is 4.34. The first-order chi connectivity index (χ1) is 8.30. The molecule has 17 heavy (non-hydrogen) atoms. The third kappa shape index (κ3) is 2.26. The summed E-state index contributed by atoms with van der Waals surface area (Å²) in [4.78, 5) is 0. The summed E-state index contributed by atoms with van der Waals surface area (Å²) in [6.45, 7) is 4.39. The van der Waals surface area contributed by atoms with Gasteiger partial charge in [-0.05, 0) is 50.4 Å². The Kier molecular flexibility index (Phi) is 3.45. The highest BCUT2D eigenvalue weighted by atomic mass is 16.5. The van der Waals surface area contributed by atoms with Crippen LogP contribution in [0.4, 0.5) is 0 Å². The average Bonchev–Trinajstić information content (AvgIpc) is 2.87. The first-order valence-corrected chi connectivity index (χ1v) is 7.67. The summed E-state index contributed by atoms with van der Waals surface area (Å²) in [5.74, 6) is 1.80. The Morgan fingerprint density at radius 2 is 1.76 bits per heavy atom. The van der Waals surface area contributed by atoms with E-state index in [1.165, 1.54) is 51.4 Å². The molecule has 0 aromatic rings. The van der Waals surface area contributed by atoms with E-state index in [4.69, 9.17) is 4.74 Å². The molecule has 3 aliphatic rings. The van der Waals surface area contributed by atoms with Crippen LogP contribution in [-0.4, -0.2) is 24.8 Å². The van der Waals surface area contributed by atoms with Gasteiger partial charge in [0.05, 0.1) is 12.2 Å². The maximum Gasteiger partial charge on any atom is 0.0838 e. The quantitative estimate of drug-likeness (QED) is 0.756. The molecule has 2 nitrogen and oxygen atoms in total. The topological polar surface area (TPSA) is 21.3 Å². The minimum atomic E-state index is 0.208. The van der Waals surface area contributed by atoms with Gasteiger partial charge in [0.25, 0.3) is 0 Å². The van der Waals surface area contributed by atoms with E-state index in [1.54, 1.807) is 0 Å². The molecule has 2 heteroatoms. The Morgan fingerprint density at radius 1 is 1.06 bits per heavy atom. The van der Waals surface area contributed by atoms with Crippen LogP contribution in [0.2, 0.25) is 0 Å². The molecule has 1 aliphatic heterocycles. The second kappa shape index (κ2) is 4.89. The molecule has 1 heterocycles. The van der Waals surface area contributed by atoms with Crippen LogP contribution in [0.25, 0.3) is 0 Å². The third-order valence-electron chi connectivity index (χ3n) is 5.41. The third-order valence-corrected chi connectivity index (χ3v) is 5.41. The van der Waals surface area contributed by atoms with Crippen LogP contribution < -0.4 is 5.32 Å². The molecule has 1 saturated heterocycles. The summed E-state index contributed by atoms with van der Waals surface area (Å²) in [5.41, 5.74) is 0.208. The van der Waals surface area contributed by atoms with Crippen molar-refractivity contribution in [3.63, 3.8) is 0 Å². The van der Waals surface area contributed by atoms with Crippen LogP contribution in [0.3, 0.4) is 0 Å². The van der Waals surface area contributed by atoms with Gasteiger partial charge in [0.1, 0.15) is 0 Å². The minimum Gasteiger partial charge on any atom is -0.372 e. The minimum absolute atomic E-state index is 0.208. The van der Waals surface area contributed by atoms with E-state index in [9.17, 15) is 0 Å². The maximum absolute atomic E-state index is 6.32. The van der Waals surface area contributed by atoms with Gasteiger partial charge >= 0.3 is 0 Å². The zero-order chi connectivity index (χ0) is 11.7. The Bertz CT molecular complexity index is 252. The number of morpholine rings is 1. The largest absolute Gasteiger partial charge is 0.372 e. The molecule has 1 unspecified atom stereocenters. The van der Waals surface area contributed by atoms with Gasteiger partial charge in [-0.1, -0.05) is 19.8 Å². The van der Waals surface area contributed by atoms with Crippen molar-refractivity contribution >= 4 is 0 Å². The lowest BCUT2D eigenvalue weighted by Gasteiger charge is -2.50. The van der Waals surface area contributed by atoms with Gasteiger partial charge in [0.15, 0.2) is 0 Å². The molecular weight excluding hydrogens is 210 g/mol. The van der Waals surface area contributed by atoms with E-state index in [2.05, 4.69) is 12.2 Å². The zero-order valence-electron chi connectivity index (χ0n) is 11.2. The van der Waals surface area contributed by atoms with E-state index in [0.717, 1.165) is 25.0 Å². The smallest absolute Gasteiger partial charge is 0.0838 e. The van der Waals surface area contributed by atoms with Crippen molar-refractivity contribution in [2.45, 2.75) is 69.9 Å². The highest BCUT2D eigenvalue weighted by Gasteiger charge is 2.47. The van der Waals surface area contributed by atoms with Crippen molar-refractivity contribution in [1.82, 2.24) is 5.32 Å². The molecule has 3 fully saturated rings. The van der Waals surface area contributed by atoms with Crippen LogP contribution >= 0.6 is 0 Å². The van der Waals surface area contributed by atoms with Gasteiger partial charge in [-0.25, -0.2) is 0 Å². The standard InChI is InChI=1S/C15H27NO/c1-12-6-8-15(9-7-12)14(16-10-11-17-15)13-4-2-3-5-13/h12-14,16H,2-11H2,1H3. The van der Waals surface area contributed by atoms with Crippen molar-refractivity contribution < 1.29 is 4.74 Å². The summed E-state index contributed by atoms with van der Waals surface area (Å²) in [5, 5.41) is 3.81. The highest BCUT2D eigenvalue weighted by molar-refractivity contribution is 5.02. The summed E-state index contributed by atoms with van der Waals surface area (Å²) in [7, 11) is 0. The Hall–Kier alpha value is -0.0800. The molecule has 0 bridgehead atoms. The molecule has 0 radical (unpaired) electrons. The Labute approximate surface area is 105 Å². The maximum atomic E-state index is 6.32. The van der Waals surface area contributed by atoms with Gasteiger partial charge in [0.2, 0.25) is 0 Å². The van der Waals surface area contributed by atoms with Gasteiger partial charge < -0.3 is 10.1 Å². The van der Waals surface area contributed by atoms with Gasteiger partial charge in [-0.2, -0.15) is 0 Å². The van der Waals surface area contributed by atoms with E-state index in [0.29, 0.717) is 6.04 Å². The molecule has 1 N–H and O–H groups in total. The lowest BCUT2D eigenvalue weighted by Crippen LogP contribution is -2.61. The Balaban J connectivity index is 1.74. The fourth-order valence-electron chi connectivity index (χ4n) is 4.34. The molecule has 0 aromatic heterocycles. The number of hydrogen-bond donors (Lipinski definition) is 1. The van der Waals surface area contributed by atoms with Crippen molar-refractivity contribution in [3.05, 3.63) is 0 Å². The van der Waals surface area contributed by atoms with Crippen molar-refractivity contribution in [2.24, 2.45) is 11.8 Å². The van der Waals surface area contributed by atoms with E-state index in [1.807, 2.05) is 0 Å². The van der Waals surface area contributed by atoms with Crippen LogP contribution in [0.5, 0.6) is 0 Å². The lowest BCUT2D eigenvalue weighted by atomic mass is 9.71. The highest BCUT2D eigenvalue weighted by Crippen LogP contribution is 2.43. The number of hydrogen-bond acceptors (Lipinski definition) is 2. The van der Waals surface area contributed by atoms with Crippen LogP contribution in [-0.2, 0) is 4.74 Å². The molecule has 2 aliphatic carbocycles. The van der Waals surface area contributed by atoms with Gasteiger partial charge in [-0.3, -0.25) is 0 Å². The molecule has 0 amide bonds. The number of ether oxygens (including phenoxy) is 1. The summed E-state index contributed by atoms with van der Waals surface area (Å²) < 4.78 is 6.32. The van der Waals surface area contributed by atoms with Gasteiger partial charge in [0, 0.05) is 12.6 Å². The summed E-state index contributed by atoms with van der Waals surface area (Å²) in [6, 6.07) is 0.659. The Morgan fingerprint density at radius 3 is 2.47 bits per heavy atom. The van der Waals surface area contributed by atoms with Crippen molar-refractivity contribution in [2.75, 3.05) is 13.2 Å². The van der Waals surface area contributed by atoms with E-state index >= 15 is 0 Å². The number of rotatable bonds is 1. The predicted octanol–water partition coefficient (Wildman–Crippen LogP) is 3.11.